The Bertz CT molecular complexity index is 663. The number of fused-ring (bicyclic) bond motifs is 1. The largest absolute Gasteiger partial charge is 0.309 e. The van der Waals surface area contributed by atoms with Gasteiger partial charge >= 0.3 is 0 Å². The minimum Gasteiger partial charge on any atom is -0.309 e. The van der Waals surface area contributed by atoms with E-state index in [0.29, 0.717) is 18.2 Å². The molecule has 1 aliphatic rings. The fraction of sp³-hybridized carbons (Fsp3) is 0.250. The predicted octanol–water partition coefficient (Wildman–Crippen LogP) is 2.99. The average molecular weight is 286 g/mol. The van der Waals surface area contributed by atoms with Crippen LogP contribution in [0.1, 0.15) is 16.7 Å². The molecule has 0 saturated carbocycles. The highest BCUT2D eigenvalue weighted by Crippen LogP contribution is 2.22. The smallest absolute Gasteiger partial charge is 0.272 e. The minimum absolute atomic E-state index is 0.207. The molecule has 0 spiro atoms. The van der Waals surface area contributed by atoms with Crippen molar-refractivity contribution >= 4 is 5.69 Å². The summed E-state index contributed by atoms with van der Waals surface area (Å²) in [5, 5.41) is 14.1. The van der Waals surface area contributed by atoms with Crippen LogP contribution in [-0.4, -0.2) is 11.0 Å². The van der Waals surface area contributed by atoms with Crippen LogP contribution in [0.2, 0.25) is 0 Å². The molecule has 2 aromatic carbocycles. The molecule has 0 unspecified atom stereocenters. The first-order valence-electron chi connectivity index (χ1n) is 6.86. The molecule has 21 heavy (non-hydrogen) atoms. The standard InChI is InChI=1S/C16H15FN2O2/c17-14-5-11(6-16(9-14)19(20)21)10-18-15-7-12-3-1-2-4-13(12)8-15/h1-6,9,15,18H,7-8,10H2. The van der Waals surface area contributed by atoms with Gasteiger partial charge in [-0.25, -0.2) is 4.39 Å². The van der Waals surface area contributed by atoms with Gasteiger partial charge in [0.05, 0.1) is 11.0 Å². The molecule has 0 aromatic heterocycles. The van der Waals surface area contributed by atoms with Crippen molar-refractivity contribution in [2.75, 3.05) is 0 Å². The van der Waals surface area contributed by atoms with E-state index in [1.807, 2.05) is 12.1 Å². The molecule has 0 amide bonds. The highest BCUT2D eigenvalue weighted by Gasteiger charge is 2.20. The van der Waals surface area contributed by atoms with E-state index in [4.69, 9.17) is 0 Å². The summed E-state index contributed by atoms with van der Waals surface area (Å²) in [6.45, 7) is 0.428. The second kappa shape index (κ2) is 5.61. The molecule has 108 valence electrons. The van der Waals surface area contributed by atoms with Gasteiger partial charge in [0.15, 0.2) is 0 Å². The van der Waals surface area contributed by atoms with E-state index in [0.717, 1.165) is 18.9 Å². The van der Waals surface area contributed by atoms with Gasteiger partial charge < -0.3 is 5.32 Å². The second-order valence-corrected chi connectivity index (χ2v) is 5.33. The summed E-state index contributed by atoms with van der Waals surface area (Å²) < 4.78 is 13.4. The summed E-state index contributed by atoms with van der Waals surface area (Å²) in [6.07, 6.45) is 1.88. The maximum atomic E-state index is 13.4. The Hall–Kier alpha value is -2.27. The van der Waals surface area contributed by atoms with Gasteiger partial charge in [-0.15, -0.1) is 0 Å². The first kappa shape index (κ1) is 13.7. The zero-order chi connectivity index (χ0) is 14.8. The number of rotatable bonds is 4. The van der Waals surface area contributed by atoms with E-state index in [1.165, 1.54) is 23.3 Å². The highest BCUT2D eigenvalue weighted by molar-refractivity contribution is 5.36. The molecular weight excluding hydrogens is 271 g/mol. The van der Waals surface area contributed by atoms with Crippen molar-refractivity contribution in [3.8, 4) is 0 Å². The number of benzene rings is 2. The zero-order valence-electron chi connectivity index (χ0n) is 11.4. The number of hydrogen-bond donors (Lipinski definition) is 1. The number of nitrogens with zero attached hydrogens (tertiary/aromatic N) is 1. The fourth-order valence-electron chi connectivity index (χ4n) is 2.81. The lowest BCUT2D eigenvalue weighted by molar-refractivity contribution is -0.385. The quantitative estimate of drug-likeness (QED) is 0.694. The van der Waals surface area contributed by atoms with E-state index in [9.17, 15) is 14.5 Å². The molecule has 0 atom stereocenters. The van der Waals surface area contributed by atoms with Crippen LogP contribution in [0.25, 0.3) is 0 Å². The number of nitrogens with one attached hydrogen (secondary N) is 1. The van der Waals surface area contributed by atoms with Crippen LogP contribution in [-0.2, 0) is 19.4 Å². The lowest BCUT2D eigenvalue weighted by Gasteiger charge is -2.12. The van der Waals surface area contributed by atoms with Crippen molar-refractivity contribution in [3.05, 3.63) is 75.1 Å². The first-order chi connectivity index (χ1) is 10.1. The fourth-order valence-corrected chi connectivity index (χ4v) is 2.81. The number of nitro groups is 1. The lowest BCUT2D eigenvalue weighted by atomic mass is 10.1. The van der Waals surface area contributed by atoms with Crippen molar-refractivity contribution in [3.63, 3.8) is 0 Å². The summed E-state index contributed by atoms with van der Waals surface area (Å²) in [5.74, 6) is -0.573. The zero-order valence-corrected chi connectivity index (χ0v) is 11.4. The minimum atomic E-state index is -0.573. The third kappa shape index (κ3) is 3.08. The van der Waals surface area contributed by atoms with Crippen LogP contribution < -0.4 is 5.32 Å². The molecule has 1 N–H and O–H groups in total. The second-order valence-electron chi connectivity index (χ2n) is 5.33. The normalized spacial score (nSPS) is 14.1. The molecule has 0 bridgehead atoms. The molecule has 0 heterocycles. The first-order valence-corrected chi connectivity index (χ1v) is 6.86. The Labute approximate surface area is 121 Å². The molecule has 2 aromatic rings. The van der Waals surface area contributed by atoms with E-state index in [1.54, 1.807) is 0 Å². The highest BCUT2D eigenvalue weighted by atomic mass is 19.1. The summed E-state index contributed by atoms with van der Waals surface area (Å²) in [4.78, 5) is 10.2. The van der Waals surface area contributed by atoms with E-state index in [2.05, 4.69) is 17.4 Å². The third-order valence-corrected chi connectivity index (χ3v) is 3.80. The Morgan fingerprint density at radius 1 is 1.19 bits per heavy atom. The summed E-state index contributed by atoms with van der Waals surface area (Å²) in [7, 11) is 0. The molecule has 0 fully saturated rings. The maximum absolute atomic E-state index is 13.4. The Balaban J connectivity index is 1.65. The van der Waals surface area contributed by atoms with Crippen molar-refractivity contribution < 1.29 is 9.31 Å². The average Bonchev–Trinajstić information content (AvgIpc) is 2.87. The van der Waals surface area contributed by atoms with Gasteiger partial charge in [-0.1, -0.05) is 24.3 Å². The Kier molecular flexibility index (Phi) is 3.66. The van der Waals surface area contributed by atoms with Crippen molar-refractivity contribution in [1.82, 2.24) is 5.32 Å². The van der Waals surface area contributed by atoms with Crippen LogP contribution in [0.4, 0.5) is 10.1 Å². The Morgan fingerprint density at radius 2 is 1.86 bits per heavy atom. The summed E-state index contributed by atoms with van der Waals surface area (Å²) in [6, 6.07) is 12.3. The molecule has 3 rings (SSSR count). The maximum Gasteiger partial charge on any atom is 0.272 e. The van der Waals surface area contributed by atoms with E-state index < -0.39 is 10.7 Å². The van der Waals surface area contributed by atoms with E-state index in [-0.39, 0.29) is 5.69 Å². The molecule has 0 aliphatic heterocycles. The van der Waals surface area contributed by atoms with Gasteiger partial charge in [0.1, 0.15) is 5.82 Å². The molecule has 0 radical (unpaired) electrons. The van der Waals surface area contributed by atoms with Gasteiger partial charge in [-0.2, -0.15) is 0 Å². The van der Waals surface area contributed by atoms with Gasteiger partial charge in [-0.3, -0.25) is 10.1 Å². The number of hydrogen-bond acceptors (Lipinski definition) is 3. The molecule has 4 nitrogen and oxygen atoms in total. The van der Waals surface area contributed by atoms with Crippen LogP contribution in [0.5, 0.6) is 0 Å². The van der Waals surface area contributed by atoms with Crippen LogP contribution in [0.15, 0.2) is 42.5 Å². The molecule has 5 heteroatoms. The van der Waals surface area contributed by atoms with Gasteiger partial charge in [0, 0.05) is 18.7 Å². The van der Waals surface area contributed by atoms with Crippen LogP contribution in [0.3, 0.4) is 0 Å². The van der Waals surface area contributed by atoms with Crippen molar-refractivity contribution in [1.29, 1.82) is 0 Å². The van der Waals surface area contributed by atoms with Crippen molar-refractivity contribution in [2.45, 2.75) is 25.4 Å². The summed E-state index contributed by atoms with van der Waals surface area (Å²) in [5.41, 5.74) is 3.06. The molecular formula is C16H15FN2O2. The monoisotopic (exact) mass is 286 g/mol. The number of halogens is 1. The number of nitro benzene ring substituents is 1. The summed E-state index contributed by atoms with van der Waals surface area (Å²) >= 11 is 0. The topological polar surface area (TPSA) is 55.2 Å². The van der Waals surface area contributed by atoms with Crippen molar-refractivity contribution in [2.24, 2.45) is 0 Å². The van der Waals surface area contributed by atoms with Gasteiger partial charge in [0.2, 0.25) is 0 Å². The van der Waals surface area contributed by atoms with E-state index >= 15 is 0 Å². The Morgan fingerprint density at radius 3 is 2.48 bits per heavy atom. The van der Waals surface area contributed by atoms with Crippen LogP contribution >= 0.6 is 0 Å². The van der Waals surface area contributed by atoms with Gasteiger partial charge in [-0.05, 0) is 35.6 Å². The van der Waals surface area contributed by atoms with Crippen LogP contribution in [0, 0.1) is 15.9 Å². The third-order valence-electron chi connectivity index (χ3n) is 3.80. The van der Waals surface area contributed by atoms with Gasteiger partial charge in [0.25, 0.3) is 5.69 Å². The SMILES string of the molecule is O=[N+]([O-])c1cc(F)cc(CNC2Cc3ccccc3C2)c1. The number of non-ortho nitro benzene ring substituents is 1. The predicted molar refractivity (Wildman–Crippen MR) is 77.5 cm³/mol. The lowest BCUT2D eigenvalue weighted by Crippen LogP contribution is -2.29. The molecule has 1 aliphatic carbocycles. The molecule has 0 saturated heterocycles.